The minimum atomic E-state index is 0.293. The summed E-state index contributed by atoms with van der Waals surface area (Å²) < 4.78 is 5.23. The maximum Gasteiger partial charge on any atom is 0.121 e. The largest absolute Gasteiger partial charge is 0.496 e. The van der Waals surface area contributed by atoms with Crippen LogP contribution in [0.1, 0.15) is 11.1 Å². The summed E-state index contributed by atoms with van der Waals surface area (Å²) in [6.07, 6.45) is 0. The molecule has 2 aromatic carbocycles. The van der Waals surface area contributed by atoms with Crippen LogP contribution in [-0.2, 0) is 0 Å². The van der Waals surface area contributed by atoms with E-state index >= 15 is 0 Å². The molecule has 0 unspecified atom stereocenters. The third kappa shape index (κ3) is 3.21. The van der Waals surface area contributed by atoms with Crippen LogP contribution in [0.3, 0.4) is 0 Å². The Bertz CT molecular complexity index is 658. The number of hydrogen-bond acceptors (Lipinski definition) is 3. The molecule has 0 radical (unpaired) electrons. The lowest BCUT2D eigenvalue weighted by Crippen LogP contribution is -2.09. The summed E-state index contributed by atoms with van der Waals surface area (Å²) in [5.74, 6) is 0.859. The number of halogens is 1. The number of rotatable bonds is 4. The van der Waals surface area contributed by atoms with E-state index in [4.69, 9.17) is 34.3 Å². The zero-order valence-electron chi connectivity index (χ0n) is 11.2. The van der Waals surface area contributed by atoms with Gasteiger partial charge in [0.15, 0.2) is 0 Å². The average Bonchev–Trinajstić information content (AvgIpc) is 2.38. The van der Waals surface area contributed by atoms with Crippen molar-refractivity contribution in [2.45, 2.75) is 6.92 Å². The molecule has 0 aliphatic rings. The molecule has 0 amide bonds. The molecular weight excluding hydrogens is 292 g/mol. The molecule has 3 N–H and O–H groups in total. The Morgan fingerprint density at radius 3 is 2.40 bits per heavy atom. The summed E-state index contributed by atoms with van der Waals surface area (Å²) in [5.41, 5.74) is 9.15. The molecule has 0 fully saturated rings. The van der Waals surface area contributed by atoms with Gasteiger partial charge >= 0.3 is 0 Å². The fourth-order valence-corrected chi connectivity index (χ4v) is 2.43. The highest BCUT2D eigenvalue weighted by atomic mass is 35.5. The fraction of sp³-hybridized carbons (Fsp3) is 0.133. The molecule has 0 aliphatic heterocycles. The van der Waals surface area contributed by atoms with Crippen LogP contribution < -0.4 is 15.8 Å². The Hall–Kier alpha value is -1.78. The highest BCUT2D eigenvalue weighted by Gasteiger charge is 2.05. The first-order chi connectivity index (χ1) is 9.51. The number of aryl methyl sites for hydroxylation is 1. The molecule has 5 heteroatoms. The predicted octanol–water partition coefficient (Wildman–Crippen LogP) is 4.03. The van der Waals surface area contributed by atoms with Gasteiger partial charge in [-0.2, -0.15) is 0 Å². The van der Waals surface area contributed by atoms with Crippen molar-refractivity contribution < 1.29 is 4.74 Å². The molecule has 0 saturated carbocycles. The molecular formula is C15H15ClN2OS. The molecule has 0 heterocycles. The highest BCUT2D eigenvalue weighted by molar-refractivity contribution is 7.80. The molecule has 0 aromatic heterocycles. The van der Waals surface area contributed by atoms with Crippen molar-refractivity contribution in [3.05, 3.63) is 52.5 Å². The van der Waals surface area contributed by atoms with Gasteiger partial charge in [0, 0.05) is 16.9 Å². The van der Waals surface area contributed by atoms with Crippen molar-refractivity contribution in [2.24, 2.45) is 5.73 Å². The van der Waals surface area contributed by atoms with Gasteiger partial charge in [0.05, 0.1) is 12.1 Å². The van der Waals surface area contributed by atoms with Crippen molar-refractivity contribution in [2.75, 3.05) is 12.4 Å². The van der Waals surface area contributed by atoms with Gasteiger partial charge in [-0.05, 0) is 48.9 Å². The van der Waals surface area contributed by atoms with E-state index in [9.17, 15) is 0 Å². The Balaban J connectivity index is 2.24. The number of nitrogens with one attached hydrogen (secondary N) is 1. The van der Waals surface area contributed by atoms with Crippen LogP contribution in [0.25, 0.3) is 0 Å². The first kappa shape index (κ1) is 14.6. The van der Waals surface area contributed by atoms with Crippen LogP contribution in [0.5, 0.6) is 5.75 Å². The normalized spacial score (nSPS) is 10.2. The molecule has 2 aromatic rings. The number of anilines is 2. The molecule has 20 heavy (non-hydrogen) atoms. The van der Waals surface area contributed by atoms with Gasteiger partial charge in [-0.15, -0.1) is 0 Å². The molecule has 0 saturated heterocycles. The van der Waals surface area contributed by atoms with Crippen molar-refractivity contribution in [1.29, 1.82) is 0 Å². The molecule has 3 nitrogen and oxygen atoms in total. The maximum atomic E-state index is 6.14. The minimum absolute atomic E-state index is 0.293. The fourth-order valence-electron chi connectivity index (χ4n) is 1.92. The van der Waals surface area contributed by atoms with E-state index in [2.05, 4.69) is 5.32 Å². The Labute approximate surface area is 128 Å². The number of nitrogens with two attached hydrogens (primary N) is 1. The number of benzene rings is 2. The van der Waals surface area contributed by atoms with Crippen molar-refractivity contribution >= 4 is 40.2 Å². The van der Waals surface area contributed by atoms with Crippen LogP contribution in [0.2, 0.25) is 5.02 Å². The summed E-state index contributed by atoms with van der Waals surface area (Å²) >= 11 is 11.1. The van der Waals surface area contributed by atoms with Gasteiger partial charge in [-0.3, -0.25) is 0 Å². The smallest absolute Gasteiger partial charge is 0.121 e. The van der Waals surface area contributed by atoms with Gasteiger partial charge in [-0.1, -0.05) is 23.8 Å². The van der Waals surface area contributed by atoms with E-state index in [0.29, 0.717) is 15.6 Å². The van der Waals surface area contributed by atoms with Crippen molar-refractivity contribution in [3.8, 4) is 5.75 Å². The summed E-state index contributed by atoms with van der Waals surface area (Å²) in [6, 6.07) is 11.4. The Kier molecular flexibility index (Phi) is 4.47. The maximum absolute atomic E-state index is 6.14. The number of ether oxygens (including phenoxy) is 1. The number of methoxy groups -OCH3 is 1. The predicted molar refractivity (Wildman–Crippen MR) is 88.4 cm³/mol. The standard InChI is InChI=1S/C15H15ClN2OS/c1-9-7-10(4-6-14(9)19-2)18-11-3-5-12(15(17)20)13(16)8-11/h3-8,18H,1-2H3,(H2,17,20). The summed E-state index contributed by atoms with van der Waals surface area (Å²) in [6.45, 7) is 1.99. The molecule has 2 rings (SSSR count). The monoisotopic (exact) mass is 306 g/mol. The van der Waals surface area contributed by atoms with E-state index in [1.165, 1.54) is 0 Å². The summed E-state index contributed by atoms with van der Waals surface area (Å²) in [4.78, 5) is 0.293. The first-order valence-corrected chi connectivity index (χ1v) is 6.81. The third-order valence-corrected chi connectivity index (χ3v) is 3.45. The quantitative estimate of drug-likeness (QED) is 0.837. The third-order valence-electron chi connectivity index (χ3n) is 2.92. The SMILES string of the molecule is COc1ccc(Nc2ccc(C(N)=S)c(Cl)c2)cc1C. The van der Waals surface area contributed by atoms with Gasteiger partial charge < -0.3 is 15.8 Å². The zero-order valence-corrected chi connectivity index (χ0v) is 12.8. The van der Waals surface area contributed by atoms with E-state index in [1.807, 2.05) is 37.3 Å². The second-order valence-corrected chi connectivity index (χ2v) is 5.22. The van der Waals surface area contributed by atoms with E-state index in [1.54, 1.807) is 13.2 Å². The van der Waals surface area contributed by atoms with Gasteiger partial charge in [0.1, 0.15) is 10.7 Å². The number of thiocarbonyl (C=S) groups is 1. The van der Waals surface area contributed by atoms with Crippen LogP contribution in [0.4, 0.5) is 11.4 Å². The Morgan fingerprint density at radius 1 is 1.20 bits per heavy atom. The molecule has 0 atom stereocenters. The Morgan fingerprint density at radius 2 is 1.85 bits per heavy atom. The minimum Gasteiger partial charge on any atom is -0.496 e. The summed E-state index contributed by atoms with van der Waals surface area (Å²) in [7, 11) is 1.66. The number of hydrogen-bond donors (Lipinski definition) is 2. The lowest BCUT2D eigenvalue weighted by atomic mass is 10.1. The molecule has 104 valence electrons. The highest BCUT2D eigenvalue weighted by Crippen LogP contribution is 2.26. The van der Waals surface area contributed by atoms with Crippen molar-refractivity contribution in [3.63, 3.8) is 0 Å². The average molecular weight is 307 g/mol. The van der Waals surface area contributed by atoms with Gasteiger partial charge in [0.2, 0.25) is 0 Å². The second-order valence-electron chi connectivity index (χ2n) is 4.37. The topological polar surface area (TPSA) is 47.3 Å². The van der Waals surface area contributed by atoms with Crippen LogP contribution in [0.15, 0.2) is 36.4 Å². The van der Waals surface area contributed by atoms with Gasteiger partial charge in [0.25, 0.3) is 0 Å². The summed E-state index contributed by atoms with van der Waals surface area (Å²) in [5, 5.41) is 3.81. The van der Waals surface area contributed by atoms with Gasteiger partial charge in [-0.25, -0.2) is 0 Å². The molecule has 0 bridgehead atoms. The van der Waals surface area contributed by atoms with E-state index in [-0.39, 0.29) is 0 Å². The van der Waals surface area contributed by atoms with Crippen molar-refractivity contribution in [1.82, 2.24) is 0 Å². The first-order valence-electron chi connectivity index (χ1n) is 6.02. The van der Waals surface area contributed by atoms with Crippen LogP contribution >= 0.6 is 23.8 Å². The lowest BCUT2D eigenvalue weighted by Gasteiger charge is -2.11. The van der Waals surface area contributed by atoms with E-state index < -0.39 is 0 Å². The van der Waals surface area contributed by atoms with Crippen LogP contribution in [-0.4, -0.2) is 12.1 Å². The van der Waals surface area contributed by atoms with Crippen LogP contribution in [0, 0.1) is 6.92 Å². The van der Waals surface area contributed by atoms with E-state index in [0.717, 1.165) is 22.7 Å². The molecule has 0 spiro atoms. The zero-order chi connectivity index (χ0) is 14.7. The molecule has 0 aliphatic carbocycles. The lowest BCUT2D eigenvalue weighted by molar-refractivity contribution is 0.412. The second kappa shape index (κ2) is 6.11.